The molecule has 0 radical (unpaired) electrons. The summed E-state index contributed by atoms with van der Waals surface area (Å²) < 4.78 is 0.753. The third kappa shape index (κ3) is 4.99. The van der Waals surface area contributed by atoms with Crippen LogP contribution in [0.1, 0.15) is 32.6 Å². The van der Waals surface area contributed by atoms with Crippen molar-refractivity contribution < 1.29 is 19.2 Å². The highest BCUT2D eigenvalue weighted by Crippen LogP contribution is 2.35. The van der Waals surface area contributed by atoms with Crippen molar-refractivity contribution >= 4 is 45.4 Å². The number of benzene rings is 1. The lowest BCUT2D eigenvalue weighted by molar-refractivity contribution is -0.140. The molecule has 9 nitrogen and oxygen atoms in total. The molecule has 2 fully saturated rings. The topological polar surface area (TPSA) is 111 Å². The maximum atomic E-state index is 12.8. The maximum Gasteiger partial charge on any atom is 0.344 e. The molecule has 0 bridgehead atoms. The van der Waals surface area contributed by atoms with Gasteiger partial charge in [-0.05, 0) is 66.7 Å². The van der Waals surface area contributed by atoms with E-state index < -0.39 is 23.4 Å². The van der Waals surface area contributed by atoms with Gasteiger partial charge in [-0.1, -0.05) is 19.1 Å². The lowest BCUT2D eigenvalue weighted by Gasteiger charge is -2.33. The third-order valence-corrected chi connectivity index (χ3v) is 6.19. The van der Waals surface area contributed by atoms with Gasteiger partial charge in [0.05, 0.1) is 18.8 Å². The SMILES string of the molecule is CC1CCC2(CC1)NC(=O)N(NC(=O)CN(C)CC(=O)Nc1ccccc1Br)C2=O. The van der Waals surface area contributed by atoms with E-state index in [1.54, 1.807) is 19.2 Å². The maximum absolute atomic E-state index is 12.8. The Bertz CT molecular complexity index is 853. The molecule has 162 valence electrons. The van der Waals surface area contributed by atoms with E-state index in [0.29, 0.717) is 24.4 Å². The minimum atomic E-state index is -0.911. The zero-order valence-corrected chi connectivity index (χ0v) is 18.6. The smallest absolute Gasteiger partial charge is 0.324 e. The van der Waals surface area contributed by atoms with E-state index >= 15 is 0 Å². The van der Waals surface area contributed by atoms with Gasteiger partial charge in [0.2, 0.25) is 5.91 Å². The summed E-state index contributed by atoms with van der Waals surface area (Å²) in [4.78, 5) is 51.1. The standard InChI is InChI=1S/C20H26BrN5O4/c1-13-7-9-20(10-8-13)18(29)26(19(30)23-20)24-17(28)12-25(2)11-16(27)22-15-6-4-3-5-14(15)21/h3-6,13H,7-12H2,1-2H3,(H,22,27)(H,23,30)(H,24,28). The summed E-state index contributed by atoms with van der Waals surface area (Å²) in [6, 6.07) is 6.59. The number of para-hydroxylation sites is 1. The van der Waals surface area contributed by atoms with Gasteiger partial charge in [0, 0.05) is 4.47 Å². The van der Waals surface area contributed by atoms with E-state index in [9.17, 15) is 19.2 Å². The molecular weight excluding hydrogens is 454 g/mol. The number of hydrogen-bond donors (Lipinski definition) is 3. The minimum Gasteiger partial charge on any atom is -0.324 e. The zero-order chi connectivity index (χ0) is 21.9. The Morgan fingerprint density at radius 2 is 1.83 bits per heavy atom. The molecule has 10 heteroatoms. The number of amides is 5. The van der Waals surface area contributed by atoms with Crippen molar-refractivity contribution in [2.75, 3.05) is 25.5 Å². The number of carbonyl (C=O) groups excluding carboxylic acids is 4. The molecule has 5 amide bonds. The van der Waals surface area contributed by atoms with Crippen LogP contribution < -0.4 is 16.1 Å². The van der Waals surface area contributed by atoms with Crippen LogP contribution in [0, 0.1) is 5.92 Å². The number of hydrazine groups is 1. The highest BCUT2D eigenvalue weighted by Gasteiger charge is 2.52. The van der Waals surface area contributed by atoms with E-state index in [1.807, 2.05) is 12.1 Å². The van der Waals surface area contributed by atoms with E-state index in [0.717, 1.165) is 22.3 Å². The highest BCUT2D eigenvalue weighted by molar-refractivity contribution is 9.10. The number of halogens is 1. The van der Waals surface area contributed by atoms with Crippen molar-refractivity contribution in [1.29, 1.82) is 0 Å². The third-order valence-electron chi connectivity index (χ3n) is 5.50. The van der Waals surface area contributed by atoms with E-state index in [1.165, 1.54) is 4.90 Å². The van der Waals surface area contributed by atoms with Crippen molar-refractivity contribution in [1.82, 2.24) is 20.7 Å². The number of rotatable bonds is 6. The molecule has 1 saturated heterocycles. The number of hydrogen-bond acceptors (Lipinski definition) is 5. The van der Waals surface area contributed by atoms with Gasteiger partial charge in [0.25, 0.3) is 11.8 Å². The fraction of sp³-hybridized carbons (Fsp3) is 0.500. The summed E-state index contributed by atoms with van der Waals surface area (Å²) in [7, 11) is 1.61. The summed E-state index contributed by atoms with van der Waals surface area (Å²) in [5.74, 6) is -0.735. The van der Waals surface area contributed by atoms with Crippen LogP contribution in [0.25, 0.3) is 0 Å². The molecule has 2 aliphatic rings. The average Bonchev–Trinajstić information content (AvgIpc) is 2.90. The van der Waals surface area contributed by atoms with Crippen molar-refractivity contribution in [3.63, 3.8) is 0 Å². The van der Waals surface area contributed by atoms with Crippen LogP contribution in [0.4, 0.5) is 10.5 Å². The predicted octanol–water partition coefficient (Wildman–Crippen LogP) is 1.85. The monoisotopic (exact) mass is 479 g/mol. The van der Waals surface area contributed by atoms with Gasteiger partial charge in [-0.3, -0.25) is 24.7 Å². The first-order chi connectivity index (χ1) is 14.2. The van der Waals surface area contributed by atoms with Gasteiger partial charge < -0.3 is 10.6 Å². The lowest BCUT2D eigenvalue weighted by atomic mass is 9.77. The molecule has 0 aromatic heterocycles. The molecule has 1 aliphatic carbocycles. The number of nitrogens with one attached hydrogen (secondary N) is 3. The van der Waals surface area contributed by atoms with Crippen molar-refractivity contribution in [3.05, 3.63) is 28.7 Å². The molecule has 3 rings (SSSR count). The van der Waals surface area contributed by atoms with Gasteiger partial charge in [0.1, 0.15) is 5.54 Å². The van der Waals surface area contributed by atoms with E-state index in [-0.39, 0.29) is 19.0 Å². The zero-order valence-electron chi connectivity index (χ0n) is 17.0. The first kappa shape index (κ1) is 22.2. The average molecular weight is 480 g/mol. The molecule has 30 heavy (non-hydrogen) atoms. The van der Waals surface area contributed by atoms with Crippen LogP contribution in [0.5, 0.6) is 0 Å². The number of carbonyl (C=O) groups is 4. The van der Waals surface area contributed by atoms with E-state index in [4.69, 9.17) is 0 Å². The van der Waals surface area contributed by atoms with Gasteiger partial charge in [-0.2, -0.15) is 5.01 Å². The first-order valence-corrected chi connectivity index (χ1v) is 10.7. The molecule has 1 saturated carbocycles. The van der Waals surface area contributed by atoms with Gasteiger partial charge in [0.15, 0.2) is 0 Å². The van der Waals surface area contributed by atoms with Crippen molar-refractivity contribution in [2.24, 2.45) is 5.92 Å². The van der Waals surface area contributed by atoms with Crippen molar-refractivity contribution in [2.45, 2.75) is 38.1 Å². The number of urea groups is 1. The van der Waals surface area contributed by atoms with Crippen LogP contribution in [-0.2, 0) is 14.4 Å². The van der Waals surface area contributed by atoms with Crippen molar-refractivity contribution in [3.8, 4) is 0 Å². The Labute approximate surface area is 183 Å². The molecule has 1 aromatic rings. The summed E-state index contributed by atoms with van der Waals surface area (Å²) in [5, 5.41) is 6.28. The minimum absolute atomic E-state index is 0.0310. The molecule has 1 aliphatic heterocycles. The quantitative estimate of drug-likeness (QED) is 0.539. The van der Waals surface area contributed by atoms with Crippen LogP contribution >= 0.6 is 15.9 Å². The van der Waals surface area contributed by atoms with Gasteiger partial charge >= 0.3 is 6.03 Å². The molecule has 1 spiro atoms. The van der Waals surface area contributed by atoms with Gasteiger partial charge in [-0.25, -0.2) is 4.79 Å². The fourth-order valence-electron chi connectivity index (χ4n) is 3.77. The lowest BCUT2D eigenvalue weighted by Crippen LogP contribution is -2.52. The first-order valence-electron chi connectivity index (χ1n) is 9.89. The number of anilines is 1. The highest BCUT2D eigenvalue weighted by atomic mass is 79.9. The Kier molecular flexibility index (Phi) is 6.77. The summed E-state index contributed by atoms with van der Waals surface area (Å²) in [6.45, 7) is 1.94. The Balaban J connectivity index is 1.50. The second-order valence-corrected chi connectivity index (χ2v) is 8.92. The second kappa shape index (κ2) is 9.13. The molecular formula is C20H26BrN5O4. The van der Waals surface area contributed by atoms with Gasteiger partial charge in [-0.15, -0.1) is 0 Å². The van der Waals surface area contributed by atoms with Crippen LogP contribution in [0.15, 0.2) is 28.7 Å². The molecule has 1 aromatic carbocycles. The summed E-state index contributed by atoms with van der Waals surface area (Å²) in [6.07, 6.45) is 2.84. The molecule has 0 atom stereocenters. The summed E-state index contributed by atoms with van der Waals surface area (Å²) >= 11 is 3.36. The van der Waals surface area contributed by atoms with Crippen LogP contribution in [-0.4, -0.2) is 59.3 Å². The van der Waals surface area contributed by atoms with Crippen LogP contribution in [0.2, 0.25) is 0 Å². The largest absolute Gasteiger partial charge is 0.344 e. The molecule has 1 heterocycles. The second-order valence-electron chi connectivity index (χ2n) is 8.07. The number of imide groups is 1. The predicted molar refractivity (Wildman–Crippen MR) is 114 cm³/mol. The van der Waals surface area contributed by atoms with Crippen LogP contribution in [0.3, 0.4) is 0 Å². The Hall–Kier alpha value is -2.46. The Morgan fingerprint density at radius 3 is 2.50 bits per heavy atom. The normalized spacial score (nSPS) is 23.6. The van der Waals surface area contributed by atoms with E-state index in [2.05, 4.69) is 38.9 Å². The Morgan fingerprint density at radius 1 is 1.20 bits per heavy atom. The fourth-order valence-corrected chi connectivity index (χ4v) is 4.16. The molecule has 0 unspecified atom stereocenters. The number of likely N-dealkylation sites (N-methyl/N-ethyl adjacent to an activating group) is 1. The summed E-state index contributed by atoms with van der Waals surface area (Å²) in [5.41, 5.74) is 2.10. The number of nitrogens with zero attached hydrogens (tertiary/aromatic N) is 2. The molecule has 3 N–H and O–H groups in total.